The Morgan fingerprint density at radius 1 is 1.80 bits per heavy atom. The number of hydrogen-bond acceptors (Lipinski definition) is 1. The molecule has 0 radical (unpaired) electrons. The van der Waals surface area contributed by atoms with Gasteiger partial charge in [0.2, 0.25) is 0 Å². The molecule has 0 saturated carbocycles. The second-order valence-electron chi connectivity index (χ2n) is 0.0913. The van der Waals surface area contributed by atoms with Crippen LogP contribution in [0.5, 0.6) is 0 Å². The molecule has 1 N–H and O–H groups in total. The molecule has 0 heterocycles. The first-order valence-corrected chi connectivity index (χ1v) is 3.23. The fourth-order valence-corrected chi connectivity index (χ4v) is 0. The van der Waals surface area contributed by atoms with Crippen molar-refractivity contribution in [3.8, 4) is 0 Å². The zero-order valence-electron chi connectivity index (χ0n) is 2.03. The zero-order valence-corrected chi connectivity index (χ0v) is 4.96. The van der Waals surface area contributed by atoms with Crippen molar-refractivity contribution < 1.29 is 29.9 Å². The van der Waals surface area contributed by atoms with Gasteiger partial charge in [0.05, 0.1) is 0 Å². The quantitative estimate of drug-likeness (QED) is 0.511. The molecule has 36 valence electrons. The summed E-state index contributed by atoms with van der Waals surface area (Å²) in [5, 5.41) is 6.76. The normalized spacial score (nSPS) is 3.80. The average Bonchev–Trinajstić information content (AvgIpc) is 1.46. The van der Waals surface area contributed by atoms with Crippen molar-refractivity contribution in [3.63, 3.8) is 0 Å². The van der Waals surface area contributed by atoms with E-state index in [0.717, 1.165) is 0 Å². The first-order valence-electron chi connectivity index (χ1n) is 0.542. The summed E-state index contributed by atoms with van der Waals surface area (Å²) in [6.45, 7) is 0.500. The van der Waals surface area contributed by atoms with Gasteiger partial charge in [-0.3, -0.25) is 0 Å². The minimum atomic E-state index is 0.500. The van der Waals surface area contributed by atoms with Crippen LogP contribution in [0.25, 0.3) is 0 Å². The van der Waals surface area contributed by atoms with Crippen LogP contribution in [0.15, 0.2) is 0 Å². The van der Waals surface area contributed by atoms with Crippen molar-refractivity contribution in [3.05, 3.63) is 0 Å². The van der Waals surface area contributed by atoms with E-state index in [-0.39, 0.29) is 0 Å². The fraction of sp³-hybridized carbons (Fsp3) is 0. The molecule has 0 aromatic rings. The van der Waals surface area contributed by atoms with Crippen molar-refractivity contribution in [1.29, 1.82) is 0 Å². The monoisotopic (exact) mass is 277 g/mol. The molecule has 0 rings (SSSR count). The first-order chi connectivity index (χ1) is 2.41. The van der Waals surface area contributed by atoms with Gasteiger partial charge in [0.25, 0.3) is 0 Å². The third-order valence-corrected chi connectivity index (χ3v) is 0. The number of rotatable bonds is 0. The van der Waals surface area contributed by atoms with Crippen LogP contribution in [-0.2, 0) is 24.8 Å². The molecule has 0 bridgehead atoms. The van der Waals surface area contributed by atoms with E-state index in [2.05, 4.69) is 9.19 Å². The van der Waals surface area contributed by atoms with E-state index >= 15 is 0 Å². The van der Waals surface area contributed by atoms with Gasteiger partial charge in [-0.05, 0) is 0 Å². The Morgan fingerprint density at radius 2 is 1.80 bits per heavy atom. The number of aliphatic hydroxyl groups excluding tert-OH is 1. The van der Waals surface area contributed by atoms with Crippen molar-refractivity contribution in [1.82, 2.24) is 0 Å². The third kappa shape index (κ3) is 112. The predicted octanol–water partition coefficient (Wildman–Crippen LogP) is 0.299. The van der Waals surface area contributed by atoms with Gasteiger partial charge < -0.3 is 9.90 Å². The maximum absolute atomic E-state index is 8.24. The molecule has 0 amide bonds. The van der Waals surface area contributed by atoms with Crippen molar-refractivity contribution in [2.24, 2.45) is 0 Å². The van der Waals surface area contributed by atoms with Crippen LogP contribution < -0.4 is 0 Å². The Morgan fingerprint density at radius 3 is 1.80 bits per heavy atom. The molecule has 2 nitrogen and oxygen atoms in total. The van der Waals surface area contributed by atoms with E-state index in [1.165, 1.54) is 0 Å². The van der Waals surface area contributed by atoms with Crippen LogP contribution in [0.2, 0.25) is 0 Å². The first kappa shape index (κ1) is 9.09. The molecular weight excluding hydrogens is 276 g/mol. The van der Waals surface area contributed by atoms with E-state index in [1.807, 2.05) is 0 Å². The van der Waals surface area contributed by atoms with Crippen LogP contribution in [0.4, 0.5) is 0 Å². The maximum atomic E-state index is 8.24. The van der Waals surface area contributed by atoms with E-state index in [9.17, 15) is 0 Å². The van der Waals surface area contributed by atoms with Crippen LogP contribution in [0, 0.1) is 0 Å². The standard InChI is InChI=1S/CHO2.Au.ClH/c2-1-3;;/h(H,2,3);;1H/q-1;+1;/p-1. The van der Waals surface area contributed by atoms with Crippen LogP contribution in [0.3, 0.4) is 0 Å². The summed E-state index contributed by atoms with van der Waals surface area (Å²) in [6, 6.07) is 0. The Balaban J connectivity index is 0. The van der Waals surface area contributed by atoms with Crippen LogP contribution in [0.1, 0.15) is 0 Å². The number of hydrogen-bond donors (Lipinski definition) is 1. The second kappa shape index (κ2) is 24.5. The molecule has 0 spiro atoms. The summed E-state index contributed by atoms with van der Waals surface area (Å²) in [5.74, 6) is 0. The molecule has 0 aliphatic carbocycles. The molecule has 4 heteroatoms. The summed E-state index contributed by atoms with van der Waals surface area (Å²) in [4.78, 5) is 8.24. The second-order valence-corrected chi connectivity index (χ2v) is 0.0913. The topological polar surface area (TPSA) is 37.3 Å². The Bertz CT molecular complexity index is 17.1. The number of halogens is 1. The molecule has 0 fully saturated rings. The zero-order chi connectivity index (χ0) is 4.71. The molecule has 5 heavy (non-hydrogen) atoms. The summed E-state index contributed by atoms with van der Waals surface area (Å²) in [6.07, 6.45) is 0. The van der Waals surface area contributed by atoms with E-state index in [1.54, 1.807) is 20.0 Å². The molecule has 0 saturated heterocycles. The molecule has 0 aliphatic rings. The molecule has 0 atom stereocenters. The van der Waals surface area contributed by atoms with Gasteiger partial charge in [0.15, 0.2) is 0 Å². The molecular formula is CHAuClO2-. The van der Waals surface area contributed by atoms with Crippen molar-refractivity contribution >= 4 is 15.7 Å². The van der Waals surface area contributed by atoms with Crippen molar-refractivity contribution in [2.75, 3.05) is 0 Å². The van der Waals surface area contributed by atoms with Gasteiger partial charge >= 0.3 is 29.2 Å². The predicted molar refractivity (Wildman–Crippen MR) is 14.2 cm³/mol. The Hall–Kier alpha value is 0.500. The molecule has 0 aliphatic heterocycles. The SMILES string of the molecule is O=[C-]O.[Cl][Au]. The van der Waals surface area contributed by atoms with E-state index in [4.69, 9.17) is 9.90 Å². The third-order valence-electron chi connectivity index (χ3n) is 0. The molecule has 0 unspecified atom stereocenters. The minimum absolute atomic E-state index is 0.500. The van der Waals surface area contributed by atoms with Crippen LogP contribution in [-0.4, -0.2) is 11.6 Å². The van der Waals surface area contributed by atoms with Gasteiger partial charge in [0, 0.05) is 0 Å². The van der Waals surface area contributed by atoms with Crippen molar-refractivity contribution in [2.45, 2.75) is 0 Å². The van der Waals surface area contributed by atoms with Gasteiger partial charge in [-0.25, -0.2) is 0 Å². The summed E-state index contributed by atoms with van der Waals surface area (Å²) in [7, 11) is 4.58. The summed E-state index contributed by atoms with van der Waals surface area (Å²) in [5.41, 5.74) is 0. The Kier molecular flexibility index (Phi) is 44.5. The molecule has 0 aromatic carbocycles. The fourth-order valence-electron chi connectivity index (χ4n) is 0. The van der Waals surface area contributed by atoms with Gasteiger partial charge in [-0.1, -0.05) is 6.47 Å². The van der Waals surface area contributed by atoms with E-state index < -0.39 is 0 Å². The van der Waals surface area contributed by atoms with E-state index in [0.29, 0.717) is 6.47 Å². The average molecular weight is 277 g/mol. The Labute approximate surface area is 45.9 Å². The van der Waals surface area contributed by atoms with Gasteiger partial charge in [0.1, 0.15) is 0 Å². The van der Waals surface area contributed by atoms with Gasteiger partial charge in [-0.2, -0.15) is 0 Å². The van der Waals surface area contributed by atoms with Crippen LogP contribution >= 0.6 is 9.19 Å². The summed E-state index contributed by atoms with van der Waals surface area (Å²) >= 11 is 1.75. The molecule has 0 aromatic heterocycles. The van der Waals surface area contributed by atoms with Gasteiger partial charge in [-0.15, -0.1) is 0 Å². The summed E-state index contributed by atoms with van der Waals surface area (Å²) < 4.78 is 0.